The second-order valence-corrected chi connectivity index (χ2v) is 10.0. The number of piperidine rings is 1. The molecule has 0 radical (unpaired) electrons. The molecule has 2 aliphatic heterocycles. The van der Waals surface area contributed by atoms with Crippen molar-refractivity contribution in [1.29, 1.82) is 0 Å². The standard InChI is InChI=1S/C28H32N6O6/c1-17-7-8-19-12-23(17)39-20-6-4-5-18(11-20)16-38-22-9-10-34(15-25-31-26(32-40-25)27(36)29-2)13-21(22)30-24(35)14-33(3)28(19)37/h4-8,11-12,21-22H,9-10,13-16H2,1-3H3,(H,29,36)(H,30,35)/t21-,22+/m1/s1. The highest BCUT2D eigenvalue weighted by Crippen LogP contribution is 2.28. The zero-order valence-corrected chi connectivity index (χ0v) is 22.7. The number of hydrogen-bond donors (Lipinski definition) is 2. The maximum Gasteiger partial charge on any atom is 0.292 e. The molecule has 1 saturated heterocycles. The van der Waals surface area contributed by atoms with Crippen molar-refractivity contribution < 1.29 is 28.4 Å². The molecule has 0 saturated carbocycles. The van der Waals surface area contributed by atoms with Crippen molar-refractivity contribution in [2.45, 2.75) is 38.6 Å². The van der Waals surface area contributed by atoms with E-state index in [-0.39, 0.29) is 36.3 Å². The van der Waals surface area contributed by atoms with Crippen molar-refractivity contribution in [3.63, 3.8) is 0 Å². The minimum atomic E-state index is -0.429. The average molecular weight is 549 g/mol. The third kappa shape index (κ3) is 6.29. The van der Waals surface area contributed by atoms with Crippen LogP contribution in [0.1, 0.15) is 44.4 Å². The highest BCUT2D eigenvalue weighted by molar-refractivity contribution is 5.96. The second kappa shape index (κ2) is 11.8. The van der Waals surface area contributed by atoms with Gasteiger partial charge in [0.1, 0.15) is 11.5 Å². The maximum absolute atomic E-state index is 13.2. The zero-order valence-electron chi connectivity index (χ0n) is 22.7. The van der Waals surface area contributed by atoms with E-state index in [9.17, 15) is 14.4 Å². The highest BCUT2D eigenvalue weighted by atomic mass is 16.5. The van der Waals surface area contributed by atoms with Crippen molar-refractivity contribution in [3.8, 4) is 11.5 Å². The van der Waals surface area contributed by atoms with E-state index >= 15 is 0 Å². The van der Waals surface area contributed by atoms with Gasteiger partial charge in [-0.1, -0.05) is 23.4 Å². The number of aromatic nitrogens is 2. The lowest BCUT2D eigenvalue weighted by Crippen LogP contribution is -2.57. The van der Waals surface area contributed by atoms with E-state index < -0.39 is 5.91 Å². The molecule has 5 rings (SSSR count). The molecule has 2 aliphatic rings. The van der Waals surface area contributed by atoms with E-state index in [0.717, 1.165) is 11.1 Å². The summed E-state index contributed by atoms with van der Waals surface area (Å²) in [5.74, 6) is 0.470. The van der Waals surface area contributed by atoms with Crippen LogP contribution in [0.25, 0.3) is 0 Å². The number of ether oxygens (including phenoxy) is 2. The first kappa shape index (κ1) is 27.3. The molecule has 0 spiro atoms. The van der Waals surface area contributed by atoms with Gasteiger partial charge in [0.2, 0.25) is 11.8 Å². The number of nitrogens with one attached hydrogen (secondary N) is 2. The Morgan fingerprint density at radius 1 is 1.20 bits per heavy atom. The molecule has 0 unspecified atom stereocenters. The fraction of sp³-hybridized carbons (Fsp3) is 0.393. The predicted octanol–water partition coefficient (Wildman–Crippen LogP) is 1.89. The normalized spacial score (nSPS) is 20.3. The summed E-state index contributed by atoms with van der Waals surface area (Å²) in [4.78, 5) is 45.6. The maximum atomic E-state index is 13.2. The Morgan fingerprint density at radius 3 is 2.88 bits per heavy atom. The molecular weight excluding hydrogens is 516 g/mol. The number of aryl methyl sites for hydroxylation is 1. The van der Waals surface area contributed by atoms with Crippen LogP contribution >= 0.6 is 0 Å². The molecule has 2 atom stereocenters. The van der Waals surface area contributed by atoms with Crippen LogP contribution in [-0.2, 0) is 22.7 Å². The van der Waals surface area contributed by atoms with Crippen LogP contribution in [0.4, 0.5) is 0 Å². The van der Waals surface area contributed by atoms with Gasteiger partial charge >= 0.3 is 0 Å². The molecule has 1 fully saturated rings. The van der Waals surface area contributed by atoms with Crippen molar-refractivity contribution >= 4 is 17.7 Å². The summed E-state index contributed by atoms with van der Waals surface area (Å²) in [5.41, 5.74) is 2.24. The van der Waals surface area contributed by atoms with E-state index in [1.54, 1.807) is 19.2 Å². The Balaban J connectivity index is 1.36. The number of carbonyl (C=O) groups excluding carboxylic acids is 3. The minimum Gasteiger partial charge on any atom is -0.457 e. The Kier molecular flexibility index (Phi) is 8.08. The van der Waals surface area contributed by atoms with Crippen LogP contribution in [0.5, 0.6) is 11.5 Å². The van der Waals surface area contributed by atoms with Crippen LogP contribution < -0.4 is 15.4 Å². The quantitative estimate of drug-likeness (QED) is 0.502. The smallest absolute Gasteiger partial charge is 0.292 e. The number of amides is 3. The highest BCUT2D eigenvalue weighted by Gasteiger charge is 2.33. The van der Waals surface area contributed by atoms with Gasteiger partial charge < -0.3 is 29.5 Å². The summed E-state index contributed by atoms with van der Waals surface area (Å²) in [7, 11) is 3.09. The van der Waals surface area contributed by atoms with Crippen LogP contribution in [-0.4, -0.2) is 83.5 Å². The SMILES string of the molecule is CNC(=O)c1noc(CN2CC[C@@H]3OCc4cccc(c4)Oc4cc(ccc4C)C(=O)N(C)CC(=O)N[C@@H]3C2)n1. The molecule has 4 bridgehead atoms. The van der Waals surface area contributed by atoms with E-state index in [2.05, 4.69) is 25.7 Å². The number of carbonyl (C=O) groups is 3. The molecule has 3 amide bonds. The number of likely N-dealkylation sites (N-methyl/N-ethyl adjacent to an activating group) is 1. The van der Waals surface area contributed by atoms with Gasteiger partial charge in [-0.15, -0.1) is 0 Å². The fourth-order valence-electron chi connectivity index (χ4n) is 4.83. The summed E-state index contributed by atoms with van der Waals surface area (Å²) < 4.78 is 17.7. The molecule has 0 aliphatic carbocycles. The molecule has 210 valence electrons. The molecule has 3 heterocycles. The summed E-state index contributed by atoms with van der Waals surface area (Å²) in [6.45, 7) is 3.56. The Hall–Kier alpha value is -4.29. The van der Waals surface area contributed by atoms with Gasteiger partial charge in [-0.25, -0.2) is 0 Å². The van der Waals surface area contributed by atoms with Gasteiger partial charge in [-0.2, -0.15) is 4.98 Å². The number of hydrogen-bond acceptors (Lipinski definition) is 9. The summed E-state index contributed by atoms with van der Waals surface area (Å²) >= 11 is 0. The summed E-state index contributed by atoms with van der Waals surface area (Å²) in [6.07, 6.45) is 0.369. The molecule has 1 aromatic heterocycles. The van der Waals surface area contributed by atoms with Crippen LogP contribution in [0.3, 0.4) is 0 Å². The predicted molar refractivity (Wildman–Crippen MR) is 143 cm³/mol. The third-order valence-corrected chi connectivity index (χ3v) is 6.99. The average Bonchev–Trinajstić information content (AvgIpc) is 3.41. The Labute approximate surface area is 231 Å². The van der Waals surface area contributed by atoms with Gasteiger partial charge in [0.25, 0.3) is 17.6 Å². The fourth-order valence-corrected chi connectivity index (χ4v) is 4.83. The van der Waals surface area contributed by atoms with E-state index in [1.807, 2.05) is 37.3 Å². The lowest BCUT2D eigenvalue weighted by molar-refractivity contribution is -0.125. The van der Waals surface area contributed by atoms with E-state index in [0.29, 0.717) is 55.6 Å². The molecule has 40 heavy (non-hydrogen) atoms. The van der Waals surface area contributed by atoms with Crippen molar-refractivity contribution in [2.75, 3.05) is 33.7 Å². The number of fused-ring (bicyclic) bond motifs is 5. The van der Waals surface area contributed by atoms with E-state index in [1.165, 1.54) is 11.9 Å². The first-order chi connectivity index (χ1) is 19.3. The van der Waals surface area contributed by atoms with Crippen molar-refractivity contribution in [1.82, 2.24) is 30.6 Å². The van der Waals surface area contributed by atoms with Crippen molar-refractivity contribution in [3.05, 3.63) is 70.9 Å². The first-order valence-electron chi connectivity index (χ1n) is 13.1. The van der Waals surface area contributed by atoms with Gasteiger partial charge in [0.15, 0.2) is 0 Å². The van der Waals surface area contributed by atoms with Gasteiger partial charge in [0.05, 0.1) is 31.8 Å². The zero-order chi connectivity index (χ0) is 28.2. The largest absolute Gasteiger partial charge is 0.457 e. The van der Waals surface area contributed by atoms with Gasteiger partial charge in [0, 0.05) is 32.7 Å². The number of rotatable bonds is 3. The molecular formula is C28H32N6O6. The van der Waals surface area contributed by atoms with Gasteiger partial charge in [-0.3, -0.25) is 19.3 Å². The van der Waals surface area contributed by atoms with Gasteiger partial charge in [-0.05, 0) is 48.7 Å². The Morgan fingerprint density at radius 2 is 2.05 bits per heavy atom. The lowest BCUT2D eigenvalue weighted by Gasteiger charge is -2.38. The lowest BCUT2D eigenvalue weighted by atomic mass is 10.0. The van der Waals surface area contributed by atoms with Crippen LogP contribution in [0.2, 0.25) is 0 Å². The number of likely N-dealkylation sites (tertiary alicyclic amines) is 1. The second-order valence-electron chi connectivity index (χ2n) is 10.0. The van der Waals surface area contributed by atoms with Crippen LogP contribution in [0.15, 0.2) is 47.0 Å². The Bertz CT molecular complexity index is 1410. The molecule has 2 N–H and O–H groups in total. The summed E-state index contributed by atoms with van der Waals surface area (Å²) in [6, 6.07) is 12.5. The molecule has 2 aromatic carbocycles. The monoisotopic (exact) mass is 548 g/mol. The number of benzene rings is 2. The minimum absolute atomic E-state index is 0.0339. The molecule has 12 heteroatoms. The van der Waals surface area contributed by atoms with Crippen molar-refractivity contribution in [2.24, 2.45) is 0 Å². The molecule has 3 aromatic rings. The molecule has 12 nitrogen and oxygen atoms in total. The third-order valence-electron chi connectivity index (χ3n) is 6.99. The van der Waals surface area contributed by atoms with Crippen LogP contribution in [0, 0.1) is 6.92 Å². The first-order valence-corrected chi connectivity index (χ1v) is 13.1. The summed E-state index contributed by atoms with van der Waals surface area (Å²) in [5, 5.41) is 9.25. The number of nitrogens with zero attached hydrogens (tertiary/aromatic N) is 4. The van der Waals surface area contributed by atoms with E-state index in [4.69, 9.17) is 14.0 Å². The topological polar surface area (TPSA) is 139 Å².